The van der Waals surface area contributed by atoms with Crippen LogP contribution in [0.4, 0.5) is 0 Å². The molecular formula is C20H23N5O3. The summed E-state index contributed by atoms with van der Waals surface area (Å²) in [5.74, 6) is 1.80. The van der Waals surface area contributed by atoms with Gasteiger partial charge >= 0.3 is 0 Å². The molecule has 8 heteroatoms. The van der Waals surface area contributed by atoms with E-state index < -0.39 is 0 Å². The molecule has 146 valence electrons. The van der Waals surface area contributed by atoms with Crippen LogP contribution in [0.2, 0.25) is 0 Å². The Morgan fingerprint density at radius 3 is 3.07 bits per heavy atom. The van der Waals surface area contributed by atoms with Crippen LogP contribution in [0.5, 0.6) is 5.75 Å². The van der Waals surface area contributed by atoms with Gasteiger partial charge in [0, 0.05) is 38.3 Å². The Bertz CT molecular complexity index is 886. The van der Waals surface area contributed by atoms with Crippen molar-refractivity contribution in [3.63, 3.8) is 0 Å². The van der Waals surface area contributed by atoms with E-state index in [9.17, 15) is 0 Å². The first-order chi connectivity index (χ1) is 13.8. The van der Waals surface area contributed by atoms with Gasteiger partial charge in [-0.05, 0) is 37.1 Å². The van der Waals surface area contributed by atoms with Crippen LogP contribution < -0.4 is 4.74 Å². The SMILES string of the molecule is COCCOc1ccnc(-c2noc([C@H]3CCCN3Cc3cccnc3)n2)c1. The quantitative estimate of drug-likeness (QED) is 0.551. The summed E-state index contributed by atoms with van der Waals surface area (Å²) in [7, 11) is 1.64. The van der Waals surface area contributed by atoms with Crippen LogP contribution in [0.3, 0.4) is 0 Å². The second-order valence-corrected chi connectivity index (χ2v) is 6.66. The Hall–Kier alpha value is -2.84. The second-order valence-electron chi connectivity index (χ2n) is 6.66. The Morgan fingerprint density at radius 1 is 1.25 bits per heavy atom. The lowest BCUT2D eigenvalue weighted by Gasteiger charge is -2.21. The van der Waals surface area contributed by atoms with Gasteiger partial charge in [0.05, 0.1) is 12.6 Å². The van der Waals surface area contributed by atoms with Crippen LogP contribution in [0, 0.1) is 0 Å². The van der Waals surface area contributed by atoms with Gasteiger partial charge in [-0.25, -0.2) is 0 Å². The van der Waals surface area contributed by atoms with Crippen molar-refractivity contribution in [1.82, 2.24) is 25.0 Å². The standard InChI is InChI=1S/C20H23N5O3/c1-26-10-11-27-16-6-8-22-17(12-16)19-23-20(28-24-19)18-5-3-9-25(18)14-15-4-2-7-21-13-15/h2,4,6-8,12-13,18H,3,5,9-11,14H2,1H3/t18-/m1/s1. The fourth-order valence-corrected chi connectivity index (χ4v) is 3.36. The number of hydrogen-bond donors (Lipinski definition) is 0. The van der Waals surface area contributed by atoms with Crippen LogP contribution in [0.15, 0.2) is 47.4 Å². The topological polar surface area (TPSA) is 86.4 Å². The third-order valence-corrected chi connectivity index (χ3v) is 4.72. The van der Waals surface area contributed by atoms with Crippen molar-refractivity contribution in [1.29, 1.82) is 0 Å². The third-order valence-electron chi connectivity index (χ3n) is 4.72. The van der Waals surface area contributed by atoms with Crippen molar-refractivity contribution in [2.75, 3.05) is 26.9 Å². The number of likely N-dealkylation sites (tertiary alicyclic amines) is 1. The Kier molecular flexibility index (Phi) is 5.89. The molecule has 0 aliphatic carbocycles. The first kappa shape index (κ1) is 18.5. The van der Waals surface area contributed by atoms with Gasteiger partial charge in [0.2, 0.25) is 11.7 Å². The molecule has 4 heterocycles. The summed E-state index contributed by atoms with van der Waals surface area (Å²) >= 11 is 0. The van der Waals surface area contributed by atoms with Crippen LogP contribution >= 0.6 is 0 Å². The number of hydrogen-bond acceptors (Lipinski definition) is 8. The maximum absolute atomic E-state index is 5.63. The maximum Gasteiger partial charge on any atom is 0.244 e. The number of ether oxygens (including phenoxy) is 2. The van der Waals surface area contributed by atoms with E-state index in [1.165, 1.54) is 5.56 Å². The zero-order valence-corrected chi connectivity index (χ0v) is 15.8. The van der Waals surface area contributed by atoms with E-state index >= 15 is 0 Å². The molecule has 1 fully saturated rings. The minimum absolute atomic E-state index is 0.114. The van der Waals surface area contributed by atoms with Crippen molar-refractivity contribution in [2.45, 2.75) is 25.4 Å². The minimum atomic E-state index is 0.114. The monoisotopic (exact) mass is 381 g/mol. The molecule has 3 aromatic heterocycles. The van der Waals surface area contributed by atoms with Gasteiger partial charge in [-0.15, -0.1) is 0 Å². The Morgan fingerprint density at radius 2 is 2.21 bits per heavy atom. The van der Waals surface area contributed by atoms with Gasteiger partial charge in [-0.1, -0.05) is 11.2 Å². The van der Waals surface area contributed by atoms with Gasteiger partial charge < -0.3 is 14.0 Å². The molecule has 0 spiro atoms. The molecule has 0 radical (unpaired) electrons. The molecule has 0 bridgehead atoms. The summed E-state index contributed by atoms with van der Waals surface area (Å²) in [6, 6.07) is 7.76. The summed E-state index contributed by atoms with van der Waals surface area (Å²) in [4.78, 5) is 15.5. The van der Waals surface area contributed by atoms with E-state index in [1.807, 2.05) is 18.3 Å². The maximum atomic E-state index is 5.63. The Balaban J connectivity index is 1.47. The van der Waals surface area contributed by atoms with Crippen molar-refractivity contribution in [2.24, 2.45) is 0 Å². The lowest BCUT2D eigenvalue weighted by atomic mass is 10.2. The van der Waals surface area contributed by atoms with Gasteiger partial charge in [0.15, 0.2) is 0 Å². The molecule has 0 amide bonds. The summed E-state index contributed by atoms with van der Waals surface area (Å²) in [6.07, 6.45) is 7.46. The van der Waals surface area contributed by atoms with E-state index in [1.54, 1.807) is 25.6 Å². The molecular weight excluding hydrogens is 358 g/mol. The zero-order chi connectivity index (χ0) is 19.2. The van der Waals surface area contributed by atoms with Gasteiger partial charge in [0.1, 0.15) is 18.1 Å². The highest BCUT2D eigenvalue weighted by molar-refractivity contribution is 5.50. The first-order valence-electron chi connectivity index (χ1n) is 9.38. The van der Waals surface area contributed by atoms with Crippen LogP contribution in [0.25, 0.3) is 11.5 Å². The number of pyridine rings is 2. The summed E-state index contributed by atoms with van der Waals surface area (Å²) < 4.78 is 16.2. The van der Waals surface area contributed by atoms with Gasteiger partial charge in [0.25, 0.3) is 0 Å². The van der Waals surface area contributed by atoms with Crippen LogP contribution in [-0.4, -0.2) is 51.9 Å². The van der Waals surface area contributed by atoms with Crippen LogP contribution in [-0.2, 0) is 11.3 Å². The van der Waals surface area contributed by atoms with Crippen molar-refractivity contribution in [3.8, 4) is 17.3 Å². The molecule has 1 saturated heterocycles. The fraction of sp³-hybridized carbons (Fsp3) is 0.400. The second kappa shape index (κ2) is 8.90. The van der Waals surface area contributed by atoms with Gasteiger partial charge in [-0.2, -0.15) is 4.98 Å². The molecule has 4 rings (SSSR count). The summed E-state index contributed by atoms with van der Waals surface area (Å²) in [5.41, 5.74) is 1.80. The van der Waals surface area contributed by atoms with Crippen molar-refractivity contribution < 1.29 is 14.0 Å². The van der Waals surface area contributed by atoms with E-state index in [0.717, 1.165) is 25.9 Å². The summed E-state index contributed by atoms with van der Waals surface area (Å²) in [5, 5.41) is 4.14. The summed E-state index contributed by atoms with van der Waals surface area (Å²) in [6.45, 7) is 2.82. The number of aromatic nitrogens is 4. The average molecular weight is 381 g/mol. The highest BCUT2D eigenvalue weighted by Crippen LogP contribution is 2.33. The first-order valence-corrected chi connectivity index (χ1v) is 9.38. The molecule has 0 aromatic carbocycles. The highest BCUT2D eigenvalue weighted by atomic mass is 16.5. The molecule has 3 aromatic rings. The number of rotatable bonds is 8. The van der Waals surface area contributed by atoms with Gasteiger partial charge in [-0.3, -0.25) is 14.9 Å². The minimum Gasteiger partial charge on any atom is -0.491 e. The molecule has 1 aliphatic heterocycles. The predicted molar refractivity (Wildman–Crippen MR) is 102 cm³/mol. The van der Waals surface area contributed by atoms with Crippen molar-refractivity contribution >= 4 is 0 Å². The van der Waals surface area contributed by atoms with E-state index in [2.05, 4.69) is 31.1 Å². The largest absolute Gasteiger partial charge is 0.491 e. The highest BCUT2D eigenvalue weighted by Gasteiger charge is 2.31. The van der Waals surface area contributed by atoms with E-state index in [4.69, 9.17) is 14.0 Å². The molecule has 1 aliphatic rings. The normalized spacial score (nSPS) is 17.1. The lowest BCUT2D eigenvalue weighted by molar-refractivity contribution is 0.146. The number of nitrogens with zero attached hydrogens (tertiary/aromatic N) is 5. The molecule has 8 nitrogen and oxygen atoms in total. The molecule has 28 heavy (non-hydrogen) atoms. The lowest BCUT2D eigenvalue weighted by Crippen LogP contribution is -2.23. The van der Waals surface area contributed by atoms with Crippen LogP contribution in [0.1, 0.15) is 30.3 Å². The van der Waals surface area contributed by atoms with E-state index in [-0.39, 0.29) is 6.04 Å². The predicted octanol–water partition coefficient (Wildman–Crippen LogP) is 2.89. The van der Waals surface area contributed by atoms with E-state index in [0.29, 0.717) is 36.4 Å². The molecule has 0 unspecified atom stereocenters. The zero-order valence-electron chi connectivity index (χ0n) is 15.8. The smallest absolute Gasteiger partial charge is 0.244 e. The Labute approximate surface area is 163 Å². The third kappa shape index (κ3) is 4.35. The fourth-order valence-electron chi connectivity index (χ4n) is 3.36. The molecule has 0 saturated carbocycles. The molecule has 0 N–H and O–H groups in total. The van der Waals surface area contributed by atoms with Crippen molar-refractivity contribution in [3.05, 3.63) is 54.3 Å². The average Bonchev–Trinajstić information content (AvgIpc) is 3.39. The number of methoxy groups -OCH3 is 1. The molecule has 1 atom stereocenters.